The molecule has 154 valence electrons. The molecule has 0 saturated heterocycles. The van der Waals surface area contributed by atoms with Gasteiger partial charge in [0.25, 0.3) is 11.5 Å². The van der Waals surface area contributed by atoms with E-state index in [4.69, 9.17) is 11.6 Å². The summed E-state index contributed by atoms with van der Waals surface area (Å²) in [6.07, 6.45) is 1.77. The molecule has 0 radical (unpaired) electrons. The van der Waals surface area contributed by atoms with Crippen molar-refractivity contribution in [3.63, 3.8) is 0 Å². The molecule has 0 saturated carbocycles. The number of anilines is 1. The molecule has 0 atom stereocenters. The Balaban J connectivity index is 1.99. The Kier molecular flexibility index (Phi) is 5.51. The summed E-state index contributed by atoms with van der Waals surface area (Å²) in [4.78, 5) is 28.0. The van der Waals surface area contributed by atoms with Gasteiger partial charge in [-0.05, 0) is 56.1 Å². The Hall–Kier alpha value is -2.87. The van der Waals surface area contributed by atoms with Crippen LogP contribution in [0.3, 0.4) is 0 Å². The van der Waals surface area contributed by atoms with Crippen LogP contribution in [0, 0.1) is 0 Å². The number of rotatable bonds is 4. The minimum absolute atomic E-state index is 0.152. The summed E-state index contributed by atoms with van der Waals surface area (Å²) in [5.41, 5.74) is 2.48. The standard InChI is InChI=1S/C22H20ClN3O3S/c1-25(2)9-10-26-21(29)18(11-13-3-6-15(27)7-4-13)30-22(26)19-16-12-14(23)5-8-17(16)24-20(19)28/h3-8,11-12,27H,9-10H2,1-2H3,(H,24,28)/b18-11-,22-19-. The number of fused-ring (bicyclic) bond motifs is 1. The van der Waals surface area contributed by atoms with Crippen LogP contribution in [-0.4, -0.2) is 41.1 Å². The highest BCUT2D eigenvalue weighted by atomic mass is 35.5. The summed E-state index contributed by atoms with van der Waals surface area (Å²) in [6, 6.07) is 11.9. The van der Waals surface area contributed by atoms with Gasteiger partial charge in [-0.3, -0.25) is 14.2 Å². The van der Waals surface area contributed by atoms with E-state index in [0.717, 1.165) is 5.56 Å². The predicted octanol–water partition coefficient (Wildman–Crippen LogP) is 1.81. The number of likely N-dealkylation sites (N-methyl/N-ethyl adjacent to an activating group) is 1. The molecule has 2 heterocycles. The number of amides is 1. The largest absolute Gasteiger partial charge is 0.508 e. The van der Waals surface area contributed by atoms with Crippen LogP contribution in [-0.2, 0) is 11.3 Å². The number of aromatic nitrogens is 1. The van der Waals surface area contributed by atoms with E-state index in [1.54, 1.807) is 53.1 Å². The molecular formula is C22H20ClN3O3S. The Morgan fingerprint density at radius 1 is 1.17 bits per heavy atom. The first kappa shape index (κ1) is 20.4. The van der Waals surface area contributed by atoms with Crippen molar-refractivity contribution in [1.82, 2.24) is 9.47 Å². The highest BCUT2D eigenvalue weighted by molar-refractivity contribution is 7.07. The number of nitrogens with one attached hydrogen (secondary N) is 1. The molecule has 1 aliphatic rings. The Labute approximate surface area is 182 Å². The van der Waals surface area contributed by atoms with E-state index in [2.05, 4.69) is 5.32 Å². The summed E-state index contributed by atoms with van der Waals surface area (Å²) in [7, 11) is 3.87. The van der Waals surface area contributed by atoms with Crippen molar-refractivity contribution >= 4 is 46.2 Å². The number of nitrogens with zero attached hydrogens (tertiary/aromatic N) is 2. The maximum Gasteiger partial charge on any atom is 0.269 e. The van der Waals surface area contributed by atoms with Gasteiger partial charge in [-0.25, -0.2) is 0 Å². The fourth-order valence-corrected chi connectivity index (χ4v) is 4.64. The van der Waals surface area contributed by atoms with Crippen LogP contribution < -0.4 is 20.1 Å². The zero-order valence-corrected chi connectivity index (χ0v) is 18.0. The van der Waals surface area contributed by atoms with Crippen molar-refractivity contribution < 1.29 is 9.90 Å². The average molecular weight is 442 g/mol. The van der Waals surface area contributed by atoms with Crippen molar-refractivity contribution in [3.8, 4) is 5.75 Å². The number of phenols is 1. The fourth-order valence-electron chi connectivity index (χ4n) is 3.28. The SMILES string of the molecule is CN(C)CCn1c(=O)/c(=C/c2ccc(O)cc2)s/c1=C1\C(=O)Nc2ccc(Cl)cc21. The van der Waals surface area contributed by atoms with E-state index in [1.807, 2.05) is 19.0 Å². The molecule has 3 aromatic rings. The van der Waals surface area contributed by atoms with Crippen LogP contribution >= 0.6 is 22.9 Å². The summed E-state index contributed by atoms with van der Waals surface area (Å²) < 4.78 is 2.78. The Bertz CT molecular complexity index is 1310. The second kappa shape index (κ2) is 8.10. The number of aromatic hydroxyl groups is 1. The van der Waals surface area contributed by atoms with E-state index < -0.39 is 0 Å². The molecule has 30 heavy (non-hydrogen) atoms. The summed E-state index contributed by atoms with van der Waals surface area (Å²) in [6.45, 7) is 1.10. The first-order valence-electron chi connectivity index (χ1n) is 9.34. The highest BCUT2D eigenvalue weighted by Gasteiger charge is 2.27. The zero-order valence-electron chi connectivity index (χ0n) is 16.5. The Morgan fingerprint density at radius 3 is 2.60 bits per heavy atom. The molecule has 1 aliphatic heterocycles. The number of carbonyl (C=O) groups is 1. The molecule has 0 aliphatic carbocycles. The lowest BCUT2D eigenvalue weighted by Gasteiger charge is -2.10. The second-order valence-corrected chi connectivity index (χ2v) is 8.75. The van der Waals surface area contributed by atoms with Crippen LogP contribution in [0.25, 0.3) is 11.6 Å². The van der Waals surface area contributed by atoms with Gasteiger partial charge < -0.3 is 15.3 Å². The molecule has 1 aromatic heterocycles. The summed E-state index contributed by atoms with van der Waals surface area (Å²) in [5, 5.41) is 12.9. The first-order chi connectivity index (χ1) is 14.3. The molecule has 0 fully saturated rings. The monoisotopic (exact) mass is 441 g/mol. The summed E-state index contributed by atoms with van der Waals surface area (Å²) >= 11 is 7.45. The minimum atomic E-state index is -0.247. The number of benzene rings is 2. The van der Waals surface area contributed by atoms with E-state index in [9.17, 15) is 14.7 Å². The lowest BCUT2D eigenvalue weighted by molar-refractivity contribution is -0.110. The van der Waals surface area contributed by atoms with Crippen molar-refractivity contribution in [3.05, 3.63) is 78.2 Å². The van der Waals surface area contributed by atoms with Gasteiger partial charge in [-0.2, -0.15) is 0 Å². The normalized spacial score (nSPS) is 15.6. The molecule has 0 unspecified atom stereocenters. The third kappa shape index (κ3) is 3.92. The Morgan fingerprint density at radius 2 is 1.90 bits per heavy atom. The number of hydrogen-bond acceptors (Lipinski definition) is 5. The van der Waals surface area contributed by atoms with Crippen molar-refractivity contribution in [1.29, 1.82) is 0 Å². The van der Waals surface area contributed by atoms with Gasteiger partial charge in [0.1, 0.15) is 10.4 Å². The number of halogens is 1. The van der Waals surface area contributed by atoms with Crippen LogP contribution in [0.5, 0.6) is 5.75 Å². The van der Waals surface area contributed by atoms with Crippen LogP contribution in [0.2, 0.25) is 5.02 Å². The van der Waals surface area contributed by atoms with Gasteiger partial charge in [-0.15, -0.1) is 11.3 Å². The van der Waals surface area contributed by atoms with Gasteiger partial charge in [0, 0.05) is 29.4 Å². The molecular weight excluding hydrogens is 422 g/mol. The quantitative estimate of drug-likeness (QED) is 0.647. The van der Waals surface area contributed by atoms with Crippen LogP contribution in [0.15, 0.2) is 47.3 Å². The van der Waals surface area contributed by atoms with Gasteiger partial charge in [-0.1, -0.05) is 23.7 Å². The number of carbonyl (C=O) groups excluding carboxylic acids is 1. The number of phenolic OH excluding ortho intramolecular Hbond substituents is 1. The number of hydrogen-bond donors (Lipinski definition) is 2. The van der Waals surface area contributed by atoms with E-state index in [0.29, 0.717) is 44.1 Å². The van der Waals surface area contributed by atoms with Gasteiger partial charge in [0.15, 0.2) is 0 Å². The fraction of sp³-hybridized carbons (Fsp3) is 0.182. The molecule has 6 nitrogen and oxygen atoms in total. The van der Waals surface area contributed by atoms with Crippen molar-refractivity contribution in [2.45, 2.75) is 6.54 Å². The third-order valence-electron chi connectivity index (χ3n) is 4.81. The van der Waals surface area contributed by atoms with Crippen molar-refractivity contribution in [2.24, 2.45) is 0 Å². The molecule has 8 heteroatoms. The summed E-state index contributed by atoms with van der Waals surface area (Å²) in [5.74, 6) is -0.0858. The van der Waals surface area contributed by atoms with Gasteiger partial charge >= 0.3 is 0 Å². The molecule has 4 rings (SSSR count). The minimum Gasteiger partial charge on any atom is -0.508 e. The topological polar surface area (TPSA) is 74.6 Å². The maximum absolute atomic E-state index is 13.2. The first-order valence-corrected chi connectivity index (χ1v) is 10.5. The maximum atomic E-state index is 13.2. The van der Waals surface area contributed by atoms with Crippen molar-refractivity contribution in [2.75, 3.05) is 26.0 Å². The van der Waals surface area contributed by atoms with Gasteiger partial charge in [0.05, 0.1) is 10.1 Å². The molecule has 1 amide bonds. The smallest absolute Gasteiger partial charge is 0.269 e. The average Bonchev–Trinajstić information content (AvgIpc) is 3.17. The predicted molar refractivity (Wildman–Crippen MR) is 121 cm³/mol. The van der Waals surface area contributed by atoms with Crippen LogP contribution in [0.4, 0.5) is 5.69 Å². The van der Waals surface area contributed by atoms with E-state index in [1.165, 1.54) is 11.3 Å². The second-order valence-electron chi connectivity index (χ2n) is 7.29. The number of thiazole rings is 1. The molecule has 0 spiro atoms. The van der Waals surface area contributed by atoms with Crippen LogP contribution in [0.1, 0.15) is 11.1 Å². The third-order valence-corrected chi connectivity index (χ3v) is 6.17. The molecule has 0 bridgehead atoms. The van der Waals surface area contributed by atoms with E-state index >= 15 is 0 Å². The van der Waals surface area contributed by atoms with E-state index in [-0.39, 0.29) is 17.2 Å². The van der Waals surface area contributed by atoms with Gasteiger partial charge in [0.2, 0.25) is 0 Å². The molecule has 2 aromatic carbocycles. The molecule has 2 N–H and O–H groups in total. The zero-order chi connectivity index (χ0) is 21.4. The highest BCUT2D eigenvalue weighted by Crippen LogP contribution is 2.32. The lowest BCUT2D eigenvalue weighted by Crippen LogP contribution is -2.36. The lowest BCUT2D eigenvalue weighted by atomic mass is 10.1.